The van der Waals surface area contributed by atoms with E-state index in [9.17, 15) is 66.4 Å². The molecule has 392 valence electrons. The minimum atomic E-state index is -1.92. The molecular formula is C42H74O25. The summed E-state index contributed by atoms with van der Waals surface area (Å²) in [5.41, 5.74) is 0. The van der Waals surface area contributed by atoms with Gasteiger partial charge in [0.1, 0.15) is 97.7 Å². The molecular weight excluding hydrogens is 904 g/mol. The Hall–Kier alpha value is -1.00. The van der Waals surface area contributed by atoms with Crippen LogP contribution in [0.3, 0.4) is 0 Å². The van der Waals surface area contributed by atoms with Gasteiger partial charge in [-0.15, -0.1) is 0 Å². The van der Waals surface area contributed by atoms with Gasteiger partial charge in [-0.2, -0.15) is 0 Å². The minimum absolute atomic E-state index is 0.0721. The number of ether oxygens (including phenoxy) is 12. The molecule has 67 heavy (non-hydrogen) atoms. The summed E-state index contributed by atoms with van der Waals surface area (Å²) in [5, 5.41) is 141. The van der Waals surface area contributed by atoms with Gasteiger partial charge in [0.05, 0.1) is 49.3 Å². The second-order valence-corrected chi connectivity index (χ2v) is 18.6. The Balaban J connectivity index is 1.31. The fourth-order valence-electron chi connectivity index (χ4n) is 9.55. The lowest BCUT2D eigenvalue weighted by Gasteiger charge is -2.52. The Labute approximate surface area is 387 Å². The van der Waals surface area contributed by atoms with Gasteiger partial charge in [-0.1, -0.05) is 13.8 Å². The number of rotatable bonds is 16. The molecule has 0 amide bonds. The number of aliphatic hydroxyl groups is 13. The molecule has 0 aromatic carbocycles. The summed E-state index contributed by atoms with van der Waals surface area (Å²) in [6.45, 7) is 8.20. The average molecular weight is 979 g/mol. The zero-order chi connectivity index (χ0) is 49.3. The fraction of sp³-hybridized carbons (Fsp3) is 1.00. The van der Waals surface area contributed by atoms with Crippen molar-refractivity contribution in [2.24, 2.45) is 11.8 Å². The van der Waals surface area contributed by atoms with Crippen molar-refractivity contribution in [3.63, 3.8) is 0 Å². The molecule has 30 atom stereocenters. The second-order valence-electron chi connectivity index (χ2n) is 18.6. The maximum absolute atomic E-state index is 11.8. The second kappa shape index (κ2) is 23.7. The fourth-order valence-corrected chi connectivity index (χ4v) is 9.55. The first-order valence-electron chi connectivity index (χ1n) is 23.1. The normalized spacial score (nSPS) is 53.4. The van der Waals surface area contributed by atoms with Crippen molar-refractivity contribution >= 4 is 0 Å². The monoisotopic (exact) mass is 978 g/mol. The van der Waals surface area contributed by atoms with Crippen molar-refractivity contribution in [2.75, 3.05) is 26.9 Å². The molecule has 0 aromatic rings. The highest BCUT2D eigenvalue weighted by molar-refractivity contribution is 5.00. The maximum atomic E-state index is 11.8. The van der Waals surface area contributed by atoms with Crippen LogP contribution in [0.15, 0.2) is 0 Å². The van der Waals surface area contributed by atoms with E-state index in [4.69, 9.17) is 56.8 Å². The van der Waals surface area contributed by atoms with Gasteiger partial charge in [0, 0.05) is 32.2 Å². The lowest BCUT2D eigenvalue weighted by atomic mass is 9.76. The molecule has 1 saturated carbocycles. The number of aliphatic hydroxyl groups excluding tert-OH is 13. The van der Waals surface area contributed by atoms with Crippen LogP contribution in [0.25, 0.3) is 0 Å². The van der Waals surface area contributed by atoms with E-state index >= 15 is 0 Å². The van der Waals surface area contributed by atoms with Gasteiger partial charge in [0.15, 0.2) is 31.5 Å². The summed E-state index contributed by atoms with van der Waals surface area (Å²) in [6.07, 6.45) is -40.2. The largest absolute Gasteiger partial charge is 0.396 e. The predicted octanol–water partition coefficient (Wildman–Crippen LogP) is -5.96. The standard InChI is InChI=1S/C42H74O25/c1-8-9-57-40-35(29(53)22(46)15(4)59-40)67-42-37(34(24(48)17(6)61-42)66-39-31(55)28(52)26(50)20(12-44)63-39)62-19-10-18(11-43)25(49)32(13(19)2)64-41-36(56-7)33(23(47)16(5)60-41)65-38-30(54)27(51)21(45)14(3)58-38/h13-55H,8-12H2,1-7H3/t13?,14?,15?,16?,17?,18?,19-,20+,21+,22+,23+,24+,25-,26-,27?,28?,29?,30+,31?,32-,33?,34?,35+,36+,37+,38+,39-,40-,41+,42+/m1/s1. The number of hydrogen-bond donors (Lipinski definition) is 13. The summed E-state index contributed by atoms with van der Waals surface area (Å²) in [7, 11) is 1.27. The van der Waals surface area contributed by atoms with E-state index < -0.39 is 197 Å². The van der Waals surface area contributed by atoms with Crippen LogP contribution in [0.1, 0.15) is 54.4 Å². The lowest BCUT2D eigenvalue weighted by molar-refractivity contribution is -0.392. The number of methoxy groups -OCH3 is 1. The molecule has 0 spiro atoms. The molecule has 25 heteroatoms. The van der Waals surface area contributed by atoms with Crippen LogP contribution in [-0.2, 0) is 56.8 Å². The first kappa shape index (κ1) is 55.3. The van der Waals surface area contributed by atoms with Gasteiger partial charge in [0.2, 0.25) is 0 Å². The van der Waals surface area contributed by atoms with Gasteiger partial charge >= 0.3 is 0 Å². The summed E-state index contributed by atoms with van der Waals surface area (Å²) >= 11 is 0. The van der Waals surface area contributed by atoms with Gasteiger partial charge in [0.25, 0.3) is 0 Å². The Morgan fingerprint density at radius 2 is 0.881 bits per heavy atom. The third kappa shape index (κ3) is 11.6. The van der Waals surface area contributed by atoms with Crippen LogP contribution in [0, 0.1) is 11.8 Å². The predicted molar refractivity (Wildman–Crippen MR) is 219 cm³/mol. The Morgan fingerprint density at radius 1 is 0.418 bits per heavy atom. The molecule has 5 heterocycles. The van der Waals surface area contributed by atoms with Gasteiger partial charge in [-0.3, -0.25) is 0 Å². The topological polar surface area (TPSA) is 374 Å². The molecule has 0 aromatic heterocycles. The Kier molecular flexibility index (Phi) is 19.6. The van der Waals surface area contributed by atoms with E-state index in [1.54, 1.807) is 6.92 Å². The highest BCUT2D eigenvalue weighted by atomic mass is 16.8. The van der Waals surface area contributed by atoms with E-state index in [2.05, 4.69) is 0 Å². The molecule has 6 fully saturated rings. The molecule has 25 nitrogen and oxygen atoms in total. The highest BCUT2D eigenvalue weighted by Crippen LogP contribution is 2.41. The van der Waals surface area contributed by atoms with Crippen LogP contribution in [0.2, 0.25) is 0 Å². The van der Waals surface area contributed by atoms with E-state index in [0.29, 0.717) is 6.42 Å². The van der Waals surface area contributed by atoms with Crippen LogP contribution in [0.5, 0.6) is 0 Å². The molecule has 12 unspecified atom stereocenters. The molecule has 13 N–H and O–H groups in total. The molecule has 6 rings (SSSR count). The van der Waals surface area contributed by atoms with Gasteiger partial charge in [-0.05, 0) is 40.5 Å². The van der Waals surface area contributed by atoms with Crippen molar-refractivity contribution in [2.45, 2.75) is 226 Å². The van der Waals surface area contributed by atoms with Crippen molar-refractivity contribution in [3.8, 4) is 0 Å². The first-order valence-corrected chi connectivity index (χ1v) is 23.1. The van der Waals surface area contributed by atoms with Crippen molar-refractivity contribution in [1.29, 1.82) is 0 Å². The highest BCUT2D eigenvalue weighted by Gasteiger charge is 2.57. The molecule has 5 saturated heterocycles. The summed E-state index contributed by atoms with van der Waals surface area (Å²) < 4.78 is 72.9. The smallest absolute Gasteiger partial charge is 0.187 e. The van der Waals surface area contributed by atoms with E-state index in [-0.39, 0.29) is 13.0 Å². The summed E-state index contributed by atoms with van der Waals surface area (Å²) in [6, 6.07) is 0. The Bertz CT molecular complexity index is 1500. The quantitative estimate of drug-likeness (QED) is 0.0685. The first-order chi connectivity index (χ1) is 31.7. The SMILES string of the molecule is CCCO[C@@H]1OC(C)[C@H](O)C(O)[C@@H]1O[C@@H]1OC(C)[C@H](O)C(O[C@H]2O[C@@H](CO)[C@@H](O)C(O)C2O)[C@@H]1O[C@@H]1CC(CO)[C@@H](O)[C@H](O[C@@H]2OC(C)[C@H](O)C(O[C@@H]3OC(C)[C@H](O)C(O)[C@@H]3O)[C@@H]2OC)C1C. The van der Waals surface area contributed by atoms with E-state index in [0.717, 1.165) is 0 Å². The molecule has 6 aliphatic rings. The molecule has 0 bridgehead atoms. The zero-order valence-electron chi connectivity index (χ0n) is 38.6. The minimum Gasteiger partial charge on any atom is -0.396 e. The maximum Gasteiger partial charge on any atom is 0.187 e. The zero-order valence-corrected chi connectivity index (χ0v) is 38.6. The van der Waals surface area contributed by atoms with Crippen LogP contribution in [-0.4, -0.2) is 265 Å². The Morgan fingerprint density at radius 3 is 1.43 bits per heavy atom. The van der Waals surface area contributed by atoms with Crippen molar-refractivity contribution in [3.05, 3.63) is 0 Å². The van der Waals surface area contributed by atoms with Gasteiger partial charge < -0.3 is 123 Å². The molecule has 1 aliphatic carbocycles. The molecule has 5 aliphatic heterocycles. The van der Waals surface area contributed by atoms with Crippen molar-refractivity contribution in [1.82, 2.24) is 0 Å². The van der Waals surface area contributed by atoms with Gasteiger partial charge in [-0.25, -0.2) is 0 Å². The van der Waals surface area contributed by atoms with Crippen LogP contribution >= 0.6 is 0 Å². The lowest BCUT2D eigenvalue weighted by Crippen LogP contribution is -2.67. The summed E-state index contributed by atoms with van der Waals surface area (Å²) in [4.78, 5) is 0. The van der Waals surface area contributed by atoms with E-state index in [1.165, 1.54) is 34.8 Å². The molecule has 0 radical (unpaired) electrons. The third-order valence-corrected chi connectivity index (χ3v) is 13.9. The third-order valence-electron chi connectivity index (χ3n) is 13.9. The average Bonchev–Trinajstić information content (AvgIpc) is 3.30. The van der Waals surface area contributed by atoms with Crippen molar-refractivity contribution < 1.29 is 123 Å². The van der Waals surface area contributed by atoms with Crippen LogP contribution < -0.4 is 0 Å². The number of hydrogen-bond acceptors (Lipinski definition) is 25. The van der Waals surface area contributed by atoms with E-state index in [1.807, 2.05) is 6.92 Å². The van der Waals surface area contributed by atoms with Crippen LogP contribution in [0.4, 0.5) is 0 Å². The summed E-state index contributed by atoms with van der Waals surface area (Å²) in [5.74, 6) is -1.83.